The Hall–Kier alpha value is -2.08. The molecule has 0 fully saturated rings. The zero-order valence-electron chi connectivity index (χ0n) is 9.93. The van der Waals surface area contributed by atoms with E-state index in [0.29, 0.717) is 17.8 Å². The number of benzene rings is 1. The Labute approximate surface area is 109 Å². The summed E-state index contributed by atoms with van der Waals surface area (Å²) >= 11 is 1.58. The minimum Gasteiger partial charge on any atom is -0.397 e. The van der Waals surface area contributed by atoms with Gasteiger partial charge in [0.15, 0.2) is 0 Å². The fraction of sp³-hybridized carbons (Fsp3) is 0.167. The Morgan fingerprint density at radius 3 is 2.94 bits per heavy atom. The van der Waals surface area contributed by atoms with Crippen LogP contribution in [0.3, 0.4) is 0 Å². The highest BCUT2D eigenvalue weighted by Crippen LogP contribution is 2.21. The number of hydrogen-bond donors (Lipinski definition) is 3. The van der Waals surface area contributed by atoms with Gasteiger partial charge in [-0.3, -0.25) is 9.78 Å². The molecule has 1 heterocycles. The van der Waals surface area contributed by atoms with E-state index < -0.39 is 0 Å². The van der Waals surface area contributed by atoms with Crippen LogP contribution in [0.2, 0.25) is 0 Å². The highest BCUT2D eigenvalue weighted by molar-refractivity contribution is 7.09. The van der Waals surface area contributed by atoms with Crippen molar-refractivity contribution in [3.05, 3.63) is 40.3 Å². The first-order valence-electron chi connectivity index (χ1n) is 5.43. The fourth-order valence-corrected chi connectivity index (χ4v) is 2.06. The standard InChI is InChI=1S/C12H14N4OS/c1-14-12(17)8-2-3-11(10(13)4-8)16-6-9-5-15-7-18-9/h2-5,7,16H,6,13H2,1H3,(H,14,17). The second kappa shape index (κ2) is 5.50. The third kappa shape index (κ3) is 2.78. The highest BCUT2D eigenvalue weighted by atomic mass is 32.1. The largest absolute Gasteiger partial charge is 0.397 e. The van der Waals surface area contributed by atoms with E-state index in [0.717, 1.165) is 10.6 Å². The van der Waals surface area contributed by atoms with Crippen molar-refractivity contribution < 1.29 is 4.79 Å². The number of nitrogens with one attached hydrogen (secondary N) is 2. The normalized spacial score (nSPS) is 10.1. The molecule has 0 saturated carbocycles. The van der Waals surface area contributed by atoms with Gasteiger partial charge < -0.3 is 16.4 Å². The molecule has 1 aromatic carbocycles. The van der Waals surface area contributed by atoms with Crippen molar-refractivity contribution in [2.24, 2.45) is 0 Å². The van der Waals surface area contributed by atoms with Gasteiger partial charge in [-0.05, 0) is 18.2 Å². The van der Waals surface area contributed by atoms with Crippen molar-refractivity contribution in [2.75, 3.05) is 18.1 Å². The van der Waals surface area contributed by atoms with Crippen molar-refractivity contribution in [2.45, 2.75) is 6.54 Å². The number of nitrogens with two attached hydrogens (primary N) is 1. The van der Waals surface area contributed by atoms with Gasteiger partial charge in [-0.15, -0.1) is 11.3 Å². The molecule has 18 heavy (non-hydrogen) atoms. The van der Waals surface area contributed by atoms with E-state index in [2.05, 4.69) is 15.6 Å². The minimum atomic E-state index is -0.143. The molecule has 1 amide bonds. The van der Waals surface area contributed by atoms with Crippen LogP contribution in [0.5, 0.6) is 0 Å². The fourth-order valence-electron chi connectivity index (χ4n) is 1.52. The van der Waals surface area contributed by atoms with E-state index in [-0.39, 0.29) is 5.91 Å². The Balaban J connectivity index is 2.08. The zero-order chi connectivity index (χ0) is 13.0. The molecule has 0 spiro atoms. The lowest BCUT2D eigenvalue weighted by atomic mass is 10.1. The zero-order valence-corrected chi connectivity index (χ0v) is 10.8. The molecule has 5 nitrogen and oxygen atoms in total. The Morgan fingerprint density at radius 2 is 2.33 bits per heavy atom. The maximum atomic E-state index is 11.4. The molecule has 0 aliphatic carbocycles. The van der Waals surface area contributed by atoms with Crippen LogP contribution < -0.4 is 16.4 Å². The van der Waals surface area contributed by atoms with Crippen molar-refractivity contribution in [3.63, 3.8) is 0 Å². The van der Waals surface area contributed by atoms with Crippen LogP contribution in [0.4, 0.5) is 11.4 Å². The van der Waals surface area contributed by atoms with Crippen molar-refractivity contribution in [1.82, 2.24) is 10.3 Å². The topological polar surface area (TPSA) is 80.0 Å². The monoisotopic (exact) mass is 262 g/mol. The number of aromatic nitrogens is 1. The maximum Gasteiger partial charge on any atom is 0.251 e. The Morgan fingerprint density at radius 1 is 1.50 bits per heavy atom. The molecule has 0 unspecified atom stereocenters. The molecule has 0 bridgehead atoms. The molecule has 4 N–H and O–H groups in total. The summed E-state index contributed by atoms with van der Waals surface area (Å²) in [5.41, 5.74) is 9.61. The van der Waals surface area contributed by atoms with Crippen LogP contribution in [-0.2, 0) is 6.54 Å². The Kier molecular flexibility index (Phi) is 3.78. The summed E-state index contributed by atoms with van der Waals surface area (Å²) in [5.74, 6) is -0.143. The van der Waals surface area contributed by atoms with Crippen molar-refractivity contribution in [1.29, 1.82) is 0 Å². The predicted octanol–water partition coefficient (Wildman–Crippen LogP) is 1.70. The van der Waals surface area contributed by atoms with Gasteiger partial charge in [-0.25, -0.2) is 0 Å². The van der Waals surface area contributed by atoms with Crippen molar-refractivity contribution >= 4 is 28.6 Å². The summed E-state index contributed by atoms with van der Waals surface area (Å²) in [6, 6.07) is 5.21. The van der Waals surface area contributed by atoms with Crippen LogP contribution >= 0.6 is 11.3 Å². The molecule has 0 radical (unpaired) electrons. The van der Waals surface area contributed by atoms with Gasteiger partial charge in [0.2, 0.25) is 0 Å². The minimum absolute atomic E-state index is 0.143. The van der Waals surface area contributed by atoms with Gasteiger partial charge in [-0.2, -0.15) is 0 Å². The van der Waals surface area contributed by atoms with Crippen LogP contribution in [0.15, 0.2) is 29.9 Å². The van der Waals surface area contributed by atoms with Crippen LogP contribution in [0.1, 0.15) is 15.2 Å². The van der Waals surface area contributed by atoms with Gasteiger partial charge >= 0.3 is 0 Å². The van der Waals surface area contributed by atoms with Gasteiger partial charge in [0.25, 0.3) is 5.91 Å². The summed E-state index contributed by atoms with van der Waals surface area (Å²) in [5, 5.41) is 5.77. The van der Waals surface area contributed by atoms with E-state index in [4.69, 9.17) is 5.73 Å². The first-order valence-corrected chi connectivity index (χ1v) is 6.31. The predicted molar refractivity (Wildman–Crippen MR) is 73.7 cm³/mol. The number of carbonyl (C=O) groups excluding carboxylic acids is 1. The molecule has 0 atom stereocenters. The second-order valence-corrected chi connectivity index (χ2v) is 4.67. The van der Waals surface area contributed by atoms with Gasteiger partial charge in [0.1, 0.15) is 0 Å². The summed E-state index contributed by atoms with van der Waals surface area (Å²) < 4.78 is 0. The van der Waals surface area contributed by atoms with E-state index in [1.54, 1.807) is 42.1 Å². The molecular formula is C12H14N4OS. The van der Waals surface area contributed by atoms with E-state index in [1.165, 1.54) is 0 Å². The number of thiazole rings is 1. The lowest BCUT2D eigenvalue weighted by Crippen LogP contribution is -2.18. The number of anilines is 2. The summed E-state index contributed by atoms with van der Waals surface area (Å²) in [4.78, 5) is 16.6. The van der Waals surface area contributed by atoms with Gasteiger partial charge in [0.05, 0.1) is 23.4 Å². The van der Waals surface area contributed by atoms with Crippen molar-refractivity contribution in [3.8, 4) is 0 Å². The smallest absolute Gasteiger partial charge is 0.251 e. The third-order valence-corrected chi connectivity index (χ3v) is 3.26. The van der Waals surface area contributed by atoms with E-state index >= 15 is 0 Å². The average Bonchev–Trinajstić information content (AvgIpc) is 2.89. The SMILES string of the molecule is CNC(=O)c1ccc(NCc2cncs2)c(N)c1. The van der Waals surface area contributed by atoms with Gasteiger partial charge in [0, 0.05) is 23.7 Å². The van der Waals surface area contributed by atoms with Crippen LogP contribution in [0, 0.1) is 0 Å². The number of hydrogen-bond acceptors (Lipinski definition) is 5. The van der Waals surface area contributed by atoms with E-state index in [9.17, 15) is 4.79 Å². The van der Waals surface area contributed by atoms with Crippen LogP contribution in [0.25, 0.3) is 0 Å². The lowest BCUT2D eigenvalue weighted by Gasteiger charge is -2.09. The number of amides is 1. The molecule has 2 rings (SSSR count). The number of nitrogens with zero attached hydrogens (tertiary/aromatic N) is 1. The molecule has 0 aliphatic heterocycles. The molecule has 0 saturated heterocycles. The van der Waals surface area contributed by atoms with Crippen LogP contribution in [-0.4, -0.2) is 17.9 Å². The molecule has 6 heteroatoms. The quantitative estimate of drug-likeness (QED) is 0.733. The molecular weight excluding hydrogens is 248 g/mol. The first-order chi connectivity index (χ1) is 8.70. The summed E-state index contributed by atoms with van der Waals surface area (Å²) in [7, 11) is 1.59. The molecule has 0 aliphatic rings. The molecule has 1 aromatic heterocycles. The average molecular weight is 262 g/mol. The second-order valence-electron chi connectivity index (χ2n) is 3.70. The first kappa shape index (κ1) is 12.4. The molecule has 94 valence electrons. The number of rotatable bonds is 4. The van der Waals surface area contributed by atoms with E-state index in [1.807, 2.05) is 6.20 Å². The number of carbonyl (C=O) groups is 1. The Bertz CT molecular complexity index is 539. The molecule has 2 aromatic rings. The van der Waals surface area contributed by atoms with Gasteiger partial charge in [-0.1, -0.05) is 0 Å². The summed E-state index contributed by atoms with van der Waals surface area (Å²) in [6.07, 6.45) is 1.81. The highest BCUT2D eigenvalue weighted by Gasteiger charge is 2.06. The maximum absolute atomic E-state index is 11.4. The number of nitrogen functional groups attached to an aromatic ring is 1. The summed E-state index contributed by atoms with van der Waals surface area (Å²) in [6.45, 7) is 0.675. The third-order valence-electron chi connectivity index (χ3n) is 2.48. The lowest BCUT2D eigenvalue weighted by molar-refractivity contribution is 0.0963.